The fraction of sp³-hybridized carbons (Fsp3) is 0.389. The van der Waals surface area contributed by atoms with Crippen LogP contribution in [0, 0.1) is 0 Å². The van der Waals surface area contributed by atoms with E-state index in [2.05, 4.69) is 4.98 Å². The van der Waals surface area contributed by atoms with Crippen molar-refractivity contribution in [2.75, 3.05) is 39.9 Å². The van der Waals surface area contributed by atoms with Crippen molar-refractivity contribution in [3.8, 4) is 23.0 Å². The van der Waals surface area contributed by atoms with Crippen LogP contribution in [-0.2, 0) is 22.0 Å². The predicted octanol–water partition coefficient (Wildman–Crippen LogP) is 1.86. The number of pyridine rings is 1. The first-order chi connectivity index (χ1) is 12.8. The molecule has 2 aromatic rings. The molecule has 2 rings (SSSR count). The molecule has 0 unspecified atom stereocenters. The quantitative estimate of drug-likeness (QED) is 0.684. The lowest BCUT2D eigenvalue weighted by Gasteiger charge is -2.15. The molecule has 1 aromatic carbocycles. The van der Waals surface area contributed by atoms with E-state index in [-0.39, 0.29) is 23.7 Å². The number of nitrogen functional groups attached to an aromatic ring is 1. The van der Waals surface area contributed by atoms with Gasteiger partial charge in [-0.15, -0.1) is 0 Å². The highest BCUT2D eigenvalue weighted by Crippen LogP contribution is 2.34. The van der Waals surface area contributed by atoms with E-state index in [0.717, 1.165) is 0 Å². The largest absolute Gasteiger partial charge is 0.496 e. The summed E-state index contributed by atoms with van der Waals surface area (Å²) in [5, 5.41) is 0. The Kier molecular flexibility index (Phi) is 6.73. The molecule has 0 atom stereocenters. The Hall–Kier alpha value is -2.68. The van der Waals surface area contributed by atoms with E-state index in [9.17, 15) is 8.42 Å². The third-order valence-corrected chi connectivity index (χ3v) is 5.57. The van der Waals surface area contributed by atoms with Crippen molar-refractivity contribution in [3.63, 3.8) is 0 Å². The third-order valence-electron chi connectivity index (χ3n) is 4.01. The molecule has 0 fully saturated rings. The molecule has 0 radical (unpaired) electrons. The van der Waals surface area contributed by atoms with Crippen LogP contribution >= 0.6 is 0 Å². The Morgan fingerprint density at radius 1 is 0.926 bits per heavy atom. The molecule has 0 aliphatic rings. The first kappa shape index (κ1) is 20.6. The zero-order valence-corrected chi connectivity index (χ0v) is 16.6. The summed E-state index contributed by atoms with van der Waals surface area (Å²) in [4.78, 5) is 4.08. The van der Waals surface area contributed by atoms with E-state index >= 15 is 0 Å². The summed E-state index contributed by atoms with van der Waals surface area (Å²) in [5.41, 5.74) is 6.76. The molecule has 0 aliphatic carbocycles. The summed E-state index contributed by atoms with van der Waals surface area (Å²) in [7, 11) is 2.59. The highest BCUT2D eigenvalue weighted by atomic mass is 32.2. The minimum Gasteiger partial charge on any atom is -0.496 e. The Morgan fingerprint density at radius 3 is 2.00 bits per heavy atom. The summed E-state index contributed by atoms with van der Waals surface area (Å²) in [6.07, 6.45) is 0.226. The number of anilines is 1. The highest BCUT2D eigenvalue weighted by Gasteiger charge is 2.19. The number of benzene rings is 1. The third kappa shape index (κ3) is 5.16. The van der Waals surface area contributed by atoms with Crippen LogP contribution < -0.4 is 24.7 Å². The van der Waals surface area contributed by atoms with Crippen molar-refractivity contribution in [2.45, 2.75) is 12.2 Å². The molecular formula is C18H24N2O6S. The summed E-state index contributed by atoms with van der Waals surface area (Å²) >= 11 is 0. The van der Waals surface area contributed by atoms with Crippen LogP contribution in [0.2, 0.25) is 0 Å². The molecule has 0 spiro atoms. The normalized spacial score (nSPS) is 11.1. The number of ether oxygens (including phenoxy) is 4. The summed E-state index contributed by atoms with van der Waals surface area (Å²) in [5.74, 6) is 1.82. The number of hydrogen-bond acceptors (Lipinski definition) is 8. The number of nitrogens with zero attached hydrogens (tertiary/aromatic N) is 1. The minimum atomic E-state index is -3.44. The standard InChI is InChI=1S/C18H24N2O6S/c1-23-13-9-16(25-3)14(17(10-13)26-4)7-8-27(21,22)11-12-5-6-15(24-2)18(19)20-12/h5-6,9-10H,7-8,11H2,1-4H3,(H2,19,20). The number of nitrogens with two attached hydrogens (primary N) is 1. The van der Waals surface area contributed by atoms with Crippen molar-refractivity contribution in [3.05, 3.63) is 35.5 Å². The molecule has 8 nitrogen and oxygen atoms in total. The van der Waals surface area contributed by atoms with Gasteiger partial charge in [0.25, 0.3) is 0 Å². The van der Waals surface area contributed by atoms with Crippen LogP contribution in [0.25, 0.3) is 0 Å². The van der Waals surface area contributed by atoms with Crippen molar-refractivity contribution < 1.29 is 27.4 Å². The molecule has 0 aliphatic heterocycles. The fourth-order valence-corrected chi connectivity index (χ4v) is 3.91. The second kappa shape index (κ2) is 8.81. The van der Waals surface area contributed by atoms with E-state index < -0.39 is 9.84 Å². The van der Waals surface area contributed by atoms with E-state index in [1.807, 2.05) is 0 Å². The van der Waals surface area contributed by atoms with Crippen molar-refractivity contribution in [2.24, 2.45) is 0 Å². The van der Waals surface area contributed by atoms with Gasteiger partial charge in [-0.25, -0.2) is 13.4 Å². The Labute approximate surface area is 159 Å². The average Bonchev–Trinajstić information content (AvgIpc) is 2.65. The van der Waals surface area contributed by atoms with Crippen LogP contribution in [0.3, 0.4) is 0 Å². The predicted molar refractivity (Wildman–Crippen MR) is 102 cm³/mol. The van der Waals surface area contributed by atoms with Gasteiger partial charge in [0.05, 0.1) is 45.6 Å². The summed E-state index contributed by atoms with van der Waals surface area (Å²) in [6, 6.07) is 6.57. The SMILES string of the molecule is COc1cc(OC)c(CCS(=O)(=O)Cc2ccc(OC)c(N)n2)c(OC)c1. The first-order valence-corrected chi connectivity index (χ1v) is 9.94. The van der Waals surface area contributed by atoms with Crippen LogP contribution in [0.4, 0.5) is 5.82 Å². The molecule has 0 saturated heterocycles. The van der Waals surface area contributed by atoms with Gasteiger partial charge < -0.3 is 24.7 Å². The zero-order chi connectivity index (χ0) is 20.0. The maximum Gasteiger partial charge on any atom is 0.166 e. The number of sulfone groups is 1. The van der Waals surface area contributed by atoms with E-state index in [4.69, 9.17) is 24.7 Å². The van der Waals surface area contributed by atoms with Crippen LogP contribution in [0.1, 0.15) is 11.3 Å². The van der Waals surface area contributed by atoms with Gasteiger partial charge in [-0.05, 0) is 18.6 Å². The molecule has 1 heterocycles. The molecule has 27 heavy (non-hydrogen) atoms. The van der Waals surface area contributed by atoms with Crippen LogP contribution in [-0.4, -0.2) is 47.6 Å². The molecule has 1 aromatic heterocycles. The number of methoxy groups -OCH3 is 4. The average molecular weight is 396 g/mol. The molecule has 9 heteroatoms. The van der Waals surface area contributed by atoms with Gasteiger partial charge in [0, 0.05) is 17.7 Å². The topological polar surface area (TPSA) is 110 Å². The molecule has 0 amide bonds. The highest BCUT2D eigenvalue weighted by molar-refractivity contribution is 7.90. The Bertz CT molecular complexity index is 874. The van der Waals surface area contributed by atoms with Crippen LogP contribution in [0.5, 0.6) is 23.0 Å². The number of aromatic nitrogens is 1. The lowest BCUT2D eigenvalue weighted by molar-refractivity contribution is 0.369. The minimum absolute atomic E-state index is 0.0976. The van der Waals surface area contributed by atoms with E-state index in [1.165, 1.54) is 28.4 Å². The Morgan fingerprint density at radius 2 is 1.52 bits per heavy atom. The zero-order valence-electron chi connectivity index (χ0n) is 15.8. The second-order valence-corrected chi connectivity index (χ2v) is 7.93. The van der Waals surface area contributed by atoms with E-state index in [0.29, 0.717) is 34.3 Å². The molecule has 0 saturated carbocycles. The molecular weight excluding hydrogens is 372 g/mol. The molecule has 0 bridgehead atoms. The van der Waals surface area contributed by atoms with Gasteiger partial charge >= 0.3 is 0 Å². The number of rotatable bonds is 9. The molecule has 2 N–H and O–H groups in total. The smallest absolute Gasteiger partial charge is 0.166 e. The van der Waals surface area contributed by atoms with Gasteiger partial charge in [0.1, 0.15) is 17.2 Å². The monoisotopic (exact) mass is 396 g/mol. The molecule has 148 valence electrons. The van der Waals surface area contributed by atoms with Gasteiger partial charge in [-0.3, -0.25) is 0 Å². The van der Waals surface area contributed by atoms with E-state index in [1.54, 1.807) is 24.3 Å². The van der Waals surface area contributed by atoms with Gasteiger partial charge in [0.2, 0.25) is 0 Å². The van der Waals surface area contributed by atoms with Gasteiger partial charge in [-0.1, -0.05) is 0 Å². The van der Waals surface area contributed by atoms with Crippen molar-refractivity contribution in [1.82, 2.24) is 4.98 Å². The Balaban J connectivity index is 2.18. The summed E-state index contributed by atoms with van der Waals surface area (Å²) < 4.78 is 46.0. The van der Waals surface area contributed by atoms with Gasteiger partial charge in [-0.2, -0.15) is 0 Å². The lowest BCUT2D eigenvalue weighted by atomic mass is 10.1. The van der Waals surface area contributed by atoms with Crippen molar-refractivity contribution in [1.29, 1.82) is 0 Å². The number of hydrogen-bond donors (Lipinski definition) is 1. The lowest BCUT2D eigenvalue weighted by Crippen LogP contribution is -2.14. The summed E-state index contributed by atoms with van der Waals surface area (Å²) in [6.45, 7) is 0. The maximum absolute atomic E-state index is 12.5. The van der Waals surface area contributed by atoms with Gasteiger partial charge in [0.15, 0.2) is 21.4 Å². The van der Waals surface area contributed by atoms with Crippen molar-refractivity contribution >= 4 is 15.7 Å². The van der Waals surface area contributed by atoms with Crippen LogP contribution in [0.15, 0.2) is 24.3 Å². The first-order valence-electron chi connectivity index (χ1n) is 8.12. The second-order valence-electron chi connectivity index (χ2n) is 5.74. The fourth-order valence-electron chi connectivity index (χ4n) is 2.64. The maximum atomic E-state index is 12.5.